The Kier molecular flexibility index (Phi) is 3.15. The van der Waals surface area contributed by atoms with Crippen molar-refractivity contribution in [3.05, 3.63) is 29.5 Å². The lowest BCUT2D eigenvalue weighted by molar-refractivity contribution is 0.0979. The van der Waals surface area contributed by atoms with Gasteiger partial charge in [-0.05, 0) is 23.3 Å². The van der Waals surface area contributed by atoms with E-state index < -0.39 is 0 Å². The largest absolute Gasteiger partial charge is 0.294 e. The van der Waals surface area contributed by atoms with E-state index in [1.54, 1.807) is 6.20 Å². The fourth-order valence-corrected chi connectivity index (χ4v) is 2.78. The van der Waals surface area contributed by atoms with Gasteiger partial charge in [-0.2, -0.15) is 5.10 Å². The highest BCUT2D eigenvalue weighted by Crippen LogP contribution is 2.35. The van der Waals surface area contributed by atoms with Crippen LogP contribution in [0, 0.1) is 5.92 Å². The molecule has 0 spiro atoms. The Labute approximate surface area is 119 Å². The number of H-pyrrole nitrogens is 1. The normalized spacial score (nSPS) is 15.8. The molecule has 3 heteroatoms. The van der Waals surface area contributed by atoms with E-state index in [2.05, 4.69) is 37.0 Å². The maximum Gasteiger partial charge on any atom is 0.163 e. The van der Waals surface area contributed by atoms with Gasteiger partial charge in [-0.3, -0.25) is 9.89 Å². The summed E-state index contributed by atoms with van der Waals surface area (Å²) in [5.74, 6) is 1.05. The summed E-state index contributed by atoms with van der Waals surface area (Å²) in [6, 6.07) is 4.05. The van der Waals surface area contributed by atoms with Crippen molar-refractivity contribution in [2.45, 2.75) is 51.9 Å². The molecule has 1 aromatic heterocycles. The molecule has 1 N–H and O–H groups in total. The molecule has 0 saturated heterocycles. The molecule has 1 aromatic carbocycles. The Morgan fingerprint density at radius 3 is 2.75 bits per heavy atom. The maximum absolute atomic E-state index is 12.4. The number of Topliss-reactive ketones (excluding diaryl/α,β-unsaturated/α-hetero) is 1. The molecule has 2 aromatic rings. The van der Waals surface area contributed by atoms with Gasteiger partial charge in [0.1, 0.15) is 0 Å². The van der Waals surface area contributed by atoms with Crippen LogP contribution in [0.4, 0.5) is 0 Å². The Morgan fingerprint density at radius 2 is 2.10 bits per heavy atom. The second-order valence-electron chi connectivity index (χ2n) is 6.97. The Morgan fingerprint density at radius 1 is 1.35 bits per heavy atom. The molecule has 1 aliphatic carbocycles. The number of carbonyl (C=O) groups excluding carboxylic acids is 1. The van der Waals surface area contributed by atoms with E-state index in [0.717, 1.165) is 28.8 Å². The van der Waals surface area contributed by atoms with Crippen LogP contribution in [-0.2, 0) is 5.41 Å². The molecule has 1 saturated carbocycles. The lowest BCUT2D eigenvalue weighted by Gasteiger charge is -2.20. The zero-order chi connectivity index (χ0) is 14.3. The van der Waals surface area contributed by atoms with Crippen molar-refractivity contribution in [2.24, 2.45) is 5.92 Å². The average Bonchev–Trinajstić information content (AvgIpc) is 3.08. The number of carbonyl (C=O) groups is 1. The predicted octanol–water partition coefficient (Wildman–Crippen LogP) is 4.23. The molecule has 3 rings (SSSR count). The smallest absolute Gasteiger partial charge is 0.163 e. The molecule has 0 unspecified atom stereocenters. The van der Waals surface area contributed by atoms with Crippen molar-refractivity contribution >= 4 is 16.7 Å². The van der Waals surface area contributed by atoms with Gasteiger partial charge in [0, 0.05) is 17.4 Å². The summed E-state index contributed by atoms with van der Waals surface area (Å²) in [5, 5.41) is 8.18. The molecule has 1 heterocycles. The molecule has 106 valence electrons. The molecule has 1 aliphatic rings. The van der Waals surface area contributed by atoms with Gasteiger partial charge in [-0.1, -0.05) is 45.7 Å². The van der Waals surface area contributed by atoms with Crippen LogP contribution in [0.5, 0.6) is 0 Å². The minimum Gasteiger partial charge on any atom is -0.294 e. The number of aromatic amines is 1. The summed E-state index contributed by atoms with van der Waals surface area (Å²) in [5.41, 5.74) is 3.08. The van der Waals surface area contributed by atoms with E-state index in [-0.39, 0.29) is 11.2 Å². The van der Waals surface area contributed by atoms with Crippen molar-refractivity contribution in [3.8, 4) is 0 Å². The number of fused-ring (bicyclic) bond motifs is 1. The summed E-state index contributed by atoms with van der Waals surface area (Å²) in [6.45, 7) is 6.53. The molecule has 0 amide bonds. The van der Waals surface area contributed by atoms with Crippen LogP contribution in [0.1, 0.15) is 62.4 Å². The number of nitrogens with zero attached hydrogens (tertiary/aromatic N) is 1. The van der Waals surface area contributed by atoms with Gasteiger partial charge in [0.25, 0.3) is 0 Å². The molecular formula is C17H22N2O. The van der Waals surface area contributed by atoms with Gasteiger partial charge in [-0.25, -0.2) is 0 Å². The molecule has 0 aliphatic heterocycles. The monoisotopic (exact) mass is 270 g/mol. The number of hydrogen-bond donors (Lipinski definition) is 1. The van der Waals surface area contributed by atoms with Crippen LogP contribution in [-0.4, -0.2) is 16.0 Å². The molecule has 0 radical (unpaired) electrons. The number of benzene rings is 1. The van der Waals surface area contributed by atoms with Gasteiger partial charge in [0.15, 0.2) is 5.78 Å². The standard InChI is InChI=1S/C17H22N2O/c1-17(2,3)14-8-7-12(13-10-18-19-16(13)14)15(20)9-6-11-4-5-11/h7-8,10-11H,4-6,9H2,1-3H3,(H,18,19). The van der Waals surface area contributed by atoms with Crippen molar-refractivity contribution in [1.29, 1.82) is 0 Å². The van der Waals surface area contributed by atoms with Crippen molar-refractivity contribution in [3.63, 3.8) is 0 Å². The minimum atomic E-state index is 0.0420. The first kappa shape index (κ1) is 13.3. The second-order valence-corrected chi connectivity index (χ2v) is 6.97. The first-order valence-electron chi connectivity index (χ1n) is 7.46. The van der Waals surface area contributed by atoms with E-state index in [1.165, 1.54) is 18.4 Å². The highest BCUT2D eigenvalue weighted by Gasteiger charge is 2.24. The third kappa shape index (κ3) is 2.49. The van der Waals surface area contributed by atoms with Crippen molar-refractivity contribution in [1.82, 2.24) is 10.2 Å². The first-order chi connectivity index (χ1) is 9.47. The van der Waals surface area contributed by atoms with Crippen LogP contribution in [0.15, 0.2) is 18.3 Å². The number of aromatic nitrogens is 2. The fraction of sp³-hybridized carbons (Fsp3) is 0.529. The SMILES string of the molecule is CC(C)(C)c1ccc(C(=O)CCC2CC2)c2cn[nH]c12. The molecule has 20 heavy (non-hydrogen) atoms. The van der Waals surface area contributed by atoms with E-state index in [1.807, 2.05) is 6.07 Å². The highest BCUT2D eigenvalue weighted by molar-refractivity contribution is 6.08. The van der Waals surface area contributed by atoms with Crippen LogP contribution >= 0.6 is 0 Å². The van der Waals surface area contributed by atoms with Crippen LogP contribution in [0.2, 0.25) is 0 Å². The van der Waals surface area contributed by atoms with E-state index in [0.29, 0.717) is 6.42 Å². The van der Waals surface area contributed by atoms with Crippen LogP contribution in [0.25, 0.3) is 10.9 Å². The van der Waals surface area contributed by atoms with Crippen molar-refractivity contribution in [2.75, 3.05) is 0 Å². The zero-order valence-electron chi connectivity index (χ0n) is 12.5. The number of nitrogens with one attached hydrogen (secondary N) is 1. The summed E-state index contributed by atoms with van der Waals surface area (Å²) in [4.78, 5) is 12.4. The topological polar surface area (TPSA) is 45.8 Å². The average molecular weight is 270 g/mol. The summed E-state index contributed by atoms with van der Waals surface area (Å²) in [6.07, 6.45) is 6.10. The molecule has 1 fully saturated rings. The summed E-state index contributed by atoms with van der Waals surface area (Å²) in [7, 11) is 0. The lowest BCUT2D eigenvalue weighted by Crippen LogP contribution is -2.12. The van der Waals surface area contributed by atoms with Crippen LogP contribution < -0.4 is 0 Å². The minimum absolute atomic E-state index is 0.0420. The number of ketones is 1. The molecule has 0 bridgehead atoms. The lowest BCUT2D eigenvalue weighted by atomic mass is 9.84. The number of hydrogen-bond acceptors (Lipinski definition) is 2. The predicted molar refractivity (Wildman–Crippen MR) is 81.1 cm³/mol. The Hall–Kier alpha value is -1.64. The quantitative estimate of drug-likeness (QED) is 0.845. The van der Waals surface area contributed by atoms with Gasteiger partial charge in [0.2, 0.25) is 0 Å². The zero-order valence-corrected chi connectivity index (χ0v) is 12.5. The molecular weight excluding hydrogens is 248 g/mol. The van der Waals surface area contributed by atoms with Gasteiger partial charge >= 0.3 is 0 Å². The van der Waals surface area contributed by atoms with E-state index in [9.17, 15) is 4.79 Å². The van der Waals surface area contributed by atoms with E-state index in [4.69, 9.17) is 0 Å². The van der Waals surface area contributed by atoms with Crippen LogP contribution in [0.3, 0.4) is 0 Å². The van der Waals surface area contributed by atoms with E-state index >= 15 is 0 Å². The third-order valence-electron chi connectivity index (χ3n) is 4.20. The Bertz CT molecular complexity index is 645. The Balaban J connectivity index is 1.96. The third-order valence-corrected chi connectivity index (χ3v) is 4.20. The molecule has 0 atom stereocenters. The summed E-state index contributed by atoms with van der Waals surface area (Å²) < 4.78 is 0. The summed E-state index contributed by atoms with van der Waals surface area (Å²) >= 11 is 0. The maximum atomic E-state index is 12.4. The van der Waals surface area contributed by atoms with Gasteiger partial charge in [-0.15, -0.1) is 0 Å². The fourth-order valence-electron chi connectivity index (χ4n) is 2.78. The highest BCUT2D eigenvalue weighted by atomic mass is 16.1. The molecule has 3 nitrogen and oxygen atoms in total. The number of rotatable bonds is 4. The van der Waals surface area contributed by atoms with Gasteiger partial charge in [0.05, 0.1) is 11.7 Å². The van der Waals surface area contributed by atoms with Crippen molar-refractivity contribution < 1.29 is 4.79 Å². The van der Waals surface area contributed by atoms with Gasteiger partial charge < -0.3 is 0 Å². The first-order valence-corrected chi connectivity index (χ1v) is 7.46. The second kappa shape index (κ2) is 4.72.